The molecule has 1 aromatic carbocycles. The van der Waals surface area contributed by atoms with E-state index < -0.39 is 0 Å². The lowest BCUT2D eigenvalue weighted by Gasteiger charge is -2.25. The predicted molar refractivity (Wildman–Crippen MR) is 71.7 cm³/mol. The Bertz CT molecular complexity index is 360. The summed E-state index contributed by atoms with van der Waals surface area (Å²) in [5, 5.41) is 3.40. The van der Waals surface area contributed by atoms with Gasteiger partial charge in [-0.15, -0.1) is 0 Å². The second kappa shape index (κ2) is 5.09. The van der Waals surface area contributed by atoms with Crippen LogP contribution < -0.4 is 10.1 Å². The van der Waals surface area contributed by atoms with E-state index in [1.807, 2.05) is 6.92 Å². The van der Waals surface area contributed by atoms with E-state index in [2.05, 4.69) is 43.6 Å². The first-order chi connectivity index (χ1) is 8.18. The van der Waals surface area contributed by atoms with Crippen molar-refractivity contribution in [2.24, 2.45) is 0 Å². The van der Waals surface area contributed by atoms with Crippen LogP contribution in [0.25, 0.3) is 0 Å². The normalized spacial score (nSPS) is 28.3. The van der Waals surface area contributed by atoms with E-state index in [0.29, 0.717) is 11.5 Å². The van der Waals surface area contributed by atoms with Gasteiger partial charge >= 0.3 is 0 Å². The van der Waals surface area contributed by atoms with Gasteiger partial charge in [-0.2, -0.15) is 0 Å². The van der Waals surface area contributed by atoms with Crippen LogP contribution >= 0.6 is 0 Å². The number of nitrogens with one attached hydrogen (secondary N) is 1. The van der Waals surface area contributed by atoms with Crippen molar-refractivity contribution in [3.63, 3.8) is 0 Å². The standard InChI is InChI=1S/C15H23NO/c1-4-17-14-7-5-12(6-8-14)15(2)10-9-13(11-15)16-3/h5-8,13,16H,4,9-11H2,1-3H3. The summed E-state index contributed by atoms with van der Waals surface area (Å²) < 4.78 is 5.49. The molecule has 0 spiro atoms. The molecular formula is C15H23NO. The summed E-state index contributed by atoms with van der Waals surface area (Å²) in [5.41, 5.74) is 1.78. The summed E-state index contributed by atoms with van der Waals surface area (Å²) >= 11 is 0. The quantitative estimate of drug-likeness (QED) is 0.862. The Morgan fingerprint density at radius 1 is 1.35 bits per heavy atom. The van der Waals surface area contributed by atoms with Gasteiger partial charge in [-0.3, -0.25) is 0 Å². The molecule has 0 aliphatic heterocycles. The molecule has 0 heterocycles. The van der Waals surface area contributed by atoms with Crippen LogP contribution in [-0.4, -0.2) is 19.7 Å². The SMILES string of the molecule is CCOc1ccc(C2(C)CCC(NC)C2)cc1. The van der Waals surface area contributed by atoms with E-state index in [1.165, 1.54) is 24.8 Å². The van der Waals surface area contributed by atoms with Crippen molar-refractivity contribution < 1.29 is 4.74 Å². The van der Waals surface area contributed by atoms with E-state index in [4.69, 9.17) is 4.74 Å². The molecule has 0 bridgehead atoms. The maximum Gasteiger partial charge on any atom is 0.119 e. The molecule has 0 radical (unpaired) electrons. The summed E-state index contributed by atoms with van der Waals surface area (Å²) in [5.74, 6) is 0.975. The molecule has 1 aliphatic carbocycles. The number of hydrogen-bond donors (Lipinski definition) is 1. The van der Waals surface area contributed by atoms with Crippen LogP contribution in [0, 0.1) is 0 Å². The Balaban J connectivity index is 2.11. The minimum atomic E-state index is 0.332. The number of rotatable bonds is 4. The molecule has 2 heteroatoms. The minimum absolute atomic E-state index is 0.332. The average Bonchev–Trinajstić information content (AvgIpc) is 2.74. The van der Waals surface area contributed by atoms with Crippen molar-refractivity contribution in [3.05, 3.63) is 29.8 Å². The first-order valence-corrected chi connectivity index (χ1v) is 6.58. The molecule has 1 saturated carbocycles. The van der Waals surface area contributed by atoms with Gasteiger partial charge in [0.25, 0.3) is 0 Å². The fourth-order valence-corrected chi connectivity index (χ4v) is 2.87. The van der Waals surface area contributed by atoms with Gasteiger partial charge in [-0.25, -0.2) is 0 Å². The molecule has 17 heavy (non-hydrogen) atoms. The minimum Gasteiger partial charge on any atom is -0.494 e. The highest BCUT2D eigenvalue weighted by Gasteiger charge is 2.35. The molecule has 1 aliphatic rings. The topological polar surface area (TPSA) is 21.3 Å². The Morgan fingerprint density at radius 3 is 2.59 bits per heavy atom. The zero-order chi connectivity index (χ0) is 12.3. The molecule has 0 aromatic heterocycles. The van der Waals surface area contributed by atoms with E-state index in [9.17, 15) is 0 Å². The van der Waals surface area contributed by atoms with E-state index in [-0.39, 0.29) is 0 Å². The summed E-state index contributed by atoms with van der Waals surface area (Å²) in [4.78, 5) is 0. The van der Waals surface area contributed by atoms with Gasteiger partial charge in [0, 0.05) is 6.04 Å². The zero-order valence-corrected chi connectivity index (χ0v) is 11.1. The van der Waals surface area contributed by atoms with Gasteiger partial charge in [0.2, 0.25) is 0 Å². The van der Waals surface area contributed by atoms with E-state index >= 15 is 0 Å². The highest BCUT2D eigenvalue weighted by atomic mass is 16.5. The Kier molecular flexibility index (Phi) is 3.72. The molecule has 2 unspecified atom stereocenters. The molecule has 1 aromatic rings. The van der Waals surface area contributed by atoms with Gasteiger partial charge in [0.1, 0.15) is 5.75 Å². The first-order valence-electron chi connectivity index (χ1n) is 6.58. The van der Waals surface area contributed by atoms with E-state index in [1.54, 1.807) is 0 Å². The summed E-state index contributed by atoms with van der Waals surface area (Å²) in [6, 6.07) is 9.31. The summed E-state index contributed by atoms with van der Waals surface area (Å²) in [6.45, 7) is 5.13. The molecule has 1 N–H and O–H groups in total. The van der Waals surface area contributed by atoms with E-state index in [0.717, 1.165) is 12.4 Å². The second-order valence-corrected chi connectivity index (χ2v) is 5.25. The third-order valence-corrected chi connectivity index (χ3v) is 4.01. The Labute approximate surface area is 104 Å². The van der Waals surface area contributed by atoms with Crippen molar-refractivity contribution in [1.29, 1.82) is 0 Å². The molecule has 94 valence electrons. The maximum atomic E-state index is 5.49. The summed E-state index contributed by atoms with van der Waals surface area (Å²) in [7, 11) is 2.06. The van der Waals surface area contributed by atoms with Crippen LogP contribution in [0.15, 0.2) is 24.3 Å². The van der Waals surface area contributed by atoms with Gasteiger partial charge in [-0.1, -0.05) is 19.1 Å². The van der Waals surface area contributed by atoms with Crippen molar-refractivity contribution in [2.75, 3.05) is 13.7 Å². The average molecular weight is 233 g/mol. The van der Waals surface area contributed by atoms with Crippen molar-refractivity contribution >= 4 is 0 Å². The van der Waals surface area contributed by atoms with Gasteiger partial charge in [0.05, 0.1) is 6.61 Å². The first kappa shape index (κ1) is 12.4. The molecule has 1 fully saturated rings. The zero-order valence-electron chi connectivity index (χ0n) is 11.1. The molecule has 2 nitrogen and oxygen atoms in total. The molecule has 0 saturated heterocycles. The summed E-state index contributed by atoms with van der Waals surface area (Å²) in [6.07, 6.45) is 3.78. The number of benzene rings is 1. The highest BCUT2D eigenvalue weighted by molar-refractivity contribution is 5.33. The van der Waals surface area contributed by atoms with Crippen LogP contribution in [-0.2, 0) is 5.41 Å². The van der Waals surface area contributed by atoms with Crippen LogP contribution in [0.2, 0.25) is 0 Å². The Hall–Kier alpha value is -1.02. The predicted octanol–water partition coefficient (Wildman–Crippen LogP) is 3.11. The second-order valence-electron chi connectivity index (χ2n) is 5.25. The third-order valence-electron chi connectivity index (χ3n) is 4.01. The smallest absolute Gasteiger partial charge is 0.119 e. The third kappa shape index (κ3) is 2.63. The fourth-order valence-electron chi connectivity index (χ4n) is 2.87. The van der Waals surface area contributed by atoms with Crippen LogP contribution in [0.5, 0.6) is 5.75 Å². The lowest BCUT2D eigenvalue weighted by atomic mass is 9.81. The van der Waals surface area contributed by atoms with Gasteiger partial charge in [-0.05, 0) is 56.3 Å². The monoisotopic (exact) mass is 233 g/mol. The number of ether oxygens (including phenoxy) is 1. The molecule has 0 amide bonds. The van der Waals surface area contributed by atoms with Gasteiger partial charge in [0.15, 0.2) is 0 Å². The van der Waals surface area contributed by atoms with Crippen molar-refractivity contribution in [1.82, 2.24) is 5.32 Å². The fraction of sp³-hybridized carbons (Fsp3) is 0.600. The van der Waals surface area contributed by atoms with Crippen molar-refractivity contribution in [3.8, 4) is 5.75 Å². The molecule has 2 atom stereocenters. The van der Waals surface area contributed by atoms with Crippen LogP contribution in [0.1, 0.15) is 38.7 Å². The maximum absolute atomic E-state index is 5.49. The largest absolute Gasteiger partial charge is 0.494 e. The van der Waals surface area contributed by atoms with Gasteiger partial charge < -0.3 is 10.1 Å². The highest BCUT2D eigenvalue weighted by Crippen LogP contribution is 2.41. The van der Waals surface area contributed by atoms with Crippen LogP contribution in [0.4, 0.5) is 0 Å². The molecular weight excluding hydrogens is 210 g/mol. The number of hydrogen-bond acceptors (Lipinski definition) is 2. The van der Waals surface area contributed by atoms with Crippen molar-refractivity contribution in [2.45, 2.75) is 44.6 Å². The molecule has 2 rings (SSSR count). The Morgan fingerprint density at radius 2 is 2.06 bits per heavy atom. The lowest BCUT2D eigenvalue weighted by molar-refractivity contribution is 0.340. The van der Waals surface area contributed by atoms with Crippen LogP contribution in [0.3, 0.4) is 0 Å². The lowest BCUT2D eigenvalue weighted by Crippen LogP contribution is -2.25.